The first-order valence-electron chi connectivity index (χ1n) is 16.6. The van der Waals surface area contributed by atoms with Gasteiger partial charge in [-0.05, 0) is 57.9 Å². The van der Waals surface area contributed by atoms with Crippen molar-refractivity contribution in [2.24, 2.45) is 0 Å². The van der Waals surface area contributed by atoms with Crippen molar-refractivity contribution in [2.45, 2.75) is 0 Å². The fourth-order valence-electron chi connectivity index (χ4n) is 5.98. The number of carbonyl (C=O) groups is 2. The van der Waals surface area contributed by atoms with Gasteiger partial charge in [0.1, 0.15) is 5.52 Å². The van der Waals surface area contributed by atoms with Crippen molar-refractivity contribution >= 4 is 50.1 Å². The fourth-order valence-corrected chi connectivity index (χ4v) is 5.98. The summed E-state index contributed by atoms with van der Waals surface area (Å²) in [5.74, 6) is -0.267. The second-order valence-corrected chi connectivity index (χ2v) is 11.8. The number of hydrogen-bond donors (Lipinski definition) is 2. The van der Waals surface area contributed by atoms with Crippen LogP contribution in [0.2, 0.25) is 0 Å². The molecule has 2 N–H and O–H groups in total. The lowest BCUT2D eigenvalue weighted by Crippen LogP contribution is -2.41. The largest absolute Gasteiger partial charge is 0.402 e. The quantitative estimate of drug-likeness (QED) is 0.209. The molecule has 11 heteroatoms. The van der Waals surface area contributed by atoms with E-state index < -0.39 is 5.63 Å². The number of amides is 2. The molecule has 8 rings (SSSR count). The Balaban J connectivity index is 0.000000169. The van der Waals surface area contributed by atoms with E-state index in [1.165, 1.54) is 0 Å². The summed E-state index contributed by atoms with van der Waals surface area (Å²) in [5, 5.41) is 9.66. The Labute approximate surface area is 292 Å². The molecule has 1 aliphatic rings. The number of hydrogen-bond acceptors (Lipinski definition) is 9. The smallest absolute Gasteiger partial charge is 0.365 e. The minimum atomic E-state index is -0.469. The van der Waals surface area contributed by atoms with Gasteiger partial charge in [-0.1, -0.05) is 72.8 Å². The van der Waals surface area contributed by atoms with Gasteiger partial charge >= 0.3 is 5.63 Å². The molecule has 7 aromatic rings. The highest BCUT2D eigenvalue weighted by molar-refractivity contribution is 6.14. The third kappa shape index (κ3) is 7.64. The highest BCUT2D eigenvalue weighted by atomic mass is 16.5. The Morgan fingerprint density at radius 2 is 1.41 bits per heavy atom. The Kier molecular flexibility index (Phi) is 10.1. The predicted molar refractivity (Wildman–Crippen MR) is 197 cm³/mol. The SMILES string of the molecule is O=C(NCCN1CCOCC1)c1ncccc1NC(=O)c1cccc2ccccc12.O=c1oc(-c2cccc3ccccc23)nc2cccnc12. The van der Waals surface area contributed by atoms with Gasteiger partial charge in [0.2, 0.25) is 5.89 Å². The van der Waals surface area contributed by atoms with Crippen molar-refractivity contribution < 1.29 is 18.7 Å². The van der Waals surface area contributed by atoms with Crippen molar-refractivity contribution in [3.05, 3.63) is 143 Å². The lowest BCUT2D eigenvalue weighted by atomic mass is 10.0. The molecular formula is C40H34N6O5. The standard InChI is InChI=1S/C23H24N4O3.C17H10N2O2/c28-22(19-8-3-6-17-5-1-2-7-18(17)19)26-20-9-4-10-24-21(20)23(29)25-11-12-27-13-15-30-16-14-27;20-17-15-14(9-4-10-18-15)19-16(21-17)13-8-3-6-11-5-1-2-7-12(11)13/h1-10H,11-16H2,(H,25,29)(H,26,28);1-10H. The zero-order valence-electron chi connectivity index (χ0n) is 27.6. The summed E-state index contributed by atoms with van der Waals surface area (Å²) in [7, 11) is 0. The van der Waals surface area contributed by atoms with Crippen molar-refractivity contribution in [1.82, 2.24) is 25.2 Å². The van der Waals surface area contributed by atoms with E-state index in [-0.39, 0.29) is 23.0 Å². The summed E-state index contributed by atoms with van der Waals surface area (Å²) >= 11 is 0. The maximum Gasteiger partial charge on any atom is 0.365 e. The van der Waals surface area contributed by atoms with Crippen LogP contribution in [-0.2, 0) is 4.74 Å². The van der Waals surface area contributed by atoms with Crippen LogP contribution in [-0.4, -0.2) is 71.1 Å². The van der Waals surface area contributed by atoms with Crippen LogP contribution >= 0.6 is 0 Å². The molecule has 11 nitrogen and oxygen atoms in total. The average molecular weight is 679 g/mol. The number of nitrogens with one attached hydrogen (secondary N) is 2. The topological polar surface area (TPSA) is 140 Å². The van der Waals surface area contributed by atoms with Crippen molar-refractivity contribution in [2.75, 3.05) is 44.7 Å². The molecule has 0 saturated carbocycles. The number of anilines is 1. The van der Waals surface area contributed by atoms with E-state index in [2.05, 4.69) is 30.5 Å². The van der Waals surface area contributed by atoms with Crippen molar-refractivity contribution in [3.63, 3.8) is 0 Å². The molecule has 0 radical (unpaired) electrons. The van der Waals surface area contributed by atoms with Crippen molar-refractivity contribution in [3.8, 4) is 11.5 Å². The lowest BCUT2D eigenvalue weighted by molar-refractivity contribution is 0.0383. The van der Waals surface area contributed by atoms with Crippen LogP contribution in [0.25, 0.3) is 44.0 Å². The normalized spacial score (nSPS) is 13.0. The summed E-state index contributed by atoms with van der Waals surface area (Å²) in [4.78, 5) is 52.5. The summed E-state index contributed by atoms with van der Waals surface area (Å²) in [6.45, 7) is 4.43. The number of fused-ring (bicyclic) bond motifs is 3. The van der Waals surface area contributed by atoms with Gasteiger partial charge < -0.3 is 19.8 Å². The minimum absolute atomic E-state index is 0.202. The molecular weight excluding hydrogens is 644 g/mol. The van der Waals surface area contributed by atoms with Crippen LogP contribution in [0.4, 0.5) is 5.69 Å². The number of aromatic nitrogens is 3. The first kappa shape index (κ1) is 33.2. The van der Waals surface area contributed by atoms with E-state index in [0.29, 0.717) is 29.2 Å². The molecule has 0 spiro atoms. The van der Waals surface area contributed by atoms with Crippen LogP contribution < -0.4 is 16.3 Å². The summed E-state index contributed by atoms with van der Waals surface area (Å²) in [5.41, 5.74) is 2.26. The molecule has 4 heterocycles. The van der Waals surface area contributed by atoms with Gasteiger partial charge in [0.15, 0.2) is 11.2 Å². The predicted octanol–water partition coefficient (Wildman–Crippen LogP) is 5.95. The van der Waals surface area contributed by atoms with Gasteiger partial charge in [-0.3, -0.25) is 14.5 Å². The monoisotopic (exact) mass is 678 g/mol. The van der Waals surface area contributed by atoms with Crippen LogP contribution in [0.5, 0.6) is 0 Å². The number of rotatable bonds is 7. The summed E-state index contributed by atoms with van der Waals surface area (Å²) < 4.78 is 10.7. The van der Waals surface area contributed by atoms with Gasteiger partial charge in [-0.2, -0.15) is 0 Å². The fraction of sp³-hybridized carbons (Fsp3) is 0.150. The zero-order valence-corrected chi connectivity index (χ0v) is 27.6. The molecule has 1 fully saturated rings. The second-order valence-electron chi connectivity index (χ2n) is 11.8. The Morgan fingerprint density at radius 3 is 2.24 bits per heavy atom. The minimum Gasteiger partial charge on any atom is -0.402 e. The lowest BCUT2D eigenvalue weighted by Gasteiger charge is -2.26. The first-order valence-corrected chi connectivity index (χ1v) is 16.6. The van der Waals surface area contributed by atoms with Crippen molar-refractivity contribution in [1.29, 1.82) is 0 Å². The molecule has 0 unspecified atom stereocenters. The molecule has 2 amide bonds. The van der Waals surface area contributed by atoms with E-state index >= 15 is 0 Å². The Bertz CT molecular complexity index is 2400. The third-order valence-corrected chi connectivity index (χ3v) is 8.53. The maximum atomic E-state index is 12.9. The molecule has 0 atom stereocenters. The van der Waals surface area contributed by atoms with Crippen LogP contribution in [0, 0.1) is 0 Å². The number of morpholine rings is 1. The maximum absolute atomic E-state index is 12.9. The summed E-state index contributed by atoms with van der Waals surface area (Å²) in [6.07, 6.45) is 3.10. The van der Waals surface area contributed by atoms with Gasteiger partial charge in [-0.15, -0.1) is 0 Å². The summed E-state index contributed by atoms with van der Waals surface area (Å²) in [6, 6.07) is 33.9. The van der Waals surface area contributed by atoms with Crippen LogP contribution in [0.1, 0.15) is 20.8 Å². The van der Waals surface area contributed by atoms with Gasteiger partial charge in [0.25, 0.3) is 11.8 Å². The van der Waals surface area contributed by atoms with Crippen LogP contribution in [0.15, 0.2) is 131 Å². The zero-order chi connectivity index (χ0) is 35.0. The molecule has 254 valence electrons. The molecule has 1 aliphatic heterocycles. The van der Waals surface area contributed by atoms with E-state index in [9.17, 15) is 14.4 Å². The Morgan fingerprint density at radius 1 is 0.725 bits per heavy atom. The number of pyridine rings is 2. The van der Waals surface area contributed by atoms with Gasteiger partial charge in [0, 0.05) is 49.7 Å². The number of ether oxygens (including phenoxy) is 1. The molecule has 0 bridgehead atoms. The van der Waals surface area contributed by atoms with Crippen LogP contribution in [0.3, 0.4) is 0 Å². The highest BCUT2D eigenvalue weighted by Gasteiger charge is 2.18. The van der Waals surface area contributed by atoms with Gasteiger partial charge in [0.05, 0.1) is 18.9 Å². The molecule has 0 aliphatic carbocycles. The van der Waals surface area contributed by atoms with E-state index in [4.69, 9.17) is 9.15 Å². The number of benzene rings is 4. The Hall–Kier alpha value is -6.30. The molecule has 3 aromatic heterocycles. The average Bonchev–Trinajstić information content (AvgIpc) is 3.18. The number of nitrogens with zero attached hydrogens (tertiary/aromatic N) is 4. The highest BCUT2D eigenvalue weighted by Crippen LogP contribution is 2.27. The molecule has 1 saturated heterocycles. The second kappa shape index (κ2) is 15.5. The third-order valence-electron chi connectivity index (χ3n) is 8.53. The number of carbonyl (C=O) groups excluding carboxylic acids is 2. The van der Waals surface area contributed by atoms with E-state index in [1.807, 2.05) is 78.9 Å². The van der Waals surface area contributed by atoms with E-state index in [1.54, 1.807) is 42.7 Å². The van der Waals surface area contributed by atoms with Gasteiger partial charge in [-0.25, -0.2) is 19.7 Å². The van der Waals surface area contributed by atoms with E-state index in [0.717, 1.165) is 60.0 Å². The molecule has 4 aromatic carbocycles. The molecule has 51 heavy (non-hydrogen) atoms. The first-order chi connectivity index (χ1) is 25.0.